The molecule has 6 heteroatoms. The lowest BCUT2D eigenvalue weighted by Crippen LogP contribution is -2.27. The summed E-state index contributed by atoms with van der Waals surface area (Å²) in [5, 5.41) is -0.259. The van der Waals surface area contributed by atoms with Crippen molar-refractivity contribution >= 4 is 29.0 Å². The highest BCUT2D eigenvalue weighted by Crippen LogP contribution is 2.35. The van der Waals surface area contributed by atoms with E-state index in [1.54, 1.807) is 6.08 Å². The molecule has 0 aromatic heterocycles. The molecule has 1 fully saturated rings. The Morgan fingerprint density at radius 1 is 1.07 bits per heavy atom. The second kappa shape index (κ2) is 8.97. The van der Waals surface area contributed by atoms with Gasteiger partial charge in [-0.2, -0.15) is 0 Å². The summed E-state index contributed by atoms with van der Waals surface area (Å²) >= 11 is 0.956. The van der Waals surface area contributed by atoms with Gasteiger partial charge in [-0.15, -0.1) is 0 Å². The number of nitrogens with zero attached hydrogens (tertiary/aromatic N) is 1. The summed E-state index contributed by atoms with van der Waals surface area (Å²) in [5.74, 6) is 0.999. The van der Waals surface area contributed by atoms with Crippen LogP contribution in [0.15, 0.2) is 53.4 Å². The molecule has 146 valence electrons. The Morgan fingerprint density at radius 3 is 2.50 bits per heavy atom. The fourth-order valence-electron chi connectivity index (χ4n) is 2.79. The monoisotopic (exact) mass is 397 g/mol. The molecule has 0 atom stereocenters. The molecule has 5 nitrogen and oxygen atoms in total. The van der Waals surface area contributed by atoms with Gasteiger partial charge < -0.3 is 9.47 Å². The van der Waals surface area contributed by atoms with Crippen LogP contribution in [0.5, 0.6) is 11.5 Å². The summed E-state index contributed by atoms with van der Waals surface area (Å²) in [6, 6.07) is 15.0. The van der Waals surface area contributed by atoms with Gasteiger partial charge >= 0.3 is 0 Å². The first kappa shape index (κ1) is 20.0. The smallest absolute Gasteiger partial charge is 0.293 e. The van der Waals surface area contributed by atoms with Crippen molar-refractivity contribution in [2.45, 2.75) is 33.4 Å². The summed E-state index contributed by atoms with van der Waals surface area (Å²) in [7, 11) is 0. The third-order valence-electron chi connectivity index (χ3n) is 3.99. The predicted molar refractivity (Wildman–Crippen MR) is 111 cm³/mol. The molecular formula is C22H23NO4S. The summed E-state index contributed by atoms with van der Waals surface area (Å²) in [6.45, 7) is 6.58. The van der Waals surface area contributed by atoms with E-state index in [0.29, 0.717) is 23.0 Å². The molecule has 28 heavy (non-hydrogen) atoms. The molecule has 3 rings (SSSR count). The summed E-state index contributed by atoms with van der Waals surface area (Å²) < 4.78 is 11.4. The van der Waals surface area contributed by atoms with E-state index in [2.05, 4.69) is 0 Å². The highest BCUT2D eigenvalue weighted by atomic mass is 32.2. The molecular weight excluding hydrogens is 374 g/mol. The molecule has 1 aliphatic heterocycles. The van der Waals surface area contributed by atoms with E-state index in [0.717, 1.165) is 22.9 Å². The van der Waals surface area contributed by atoms with Gasteiger partial charge in [0.1, 0.15) is 0 Å². The van der Waals surface area contributed by atoms with Crippen molar-refractivity contribution in [3.05, 3.63) is 64.6 Å². The molecule has 0 unspecified atom stereocenters. The van der Waals surface area contributed by atoms with Gasteiger partial charge in [-0.1, -0.05) is 36.4 Å². The van der Waals surface area contributed by atoms with Crippen LogP contribution in [0.25, 0.3) is 6.08 Å². The topological polar surface area (TPSA) is 55.8 Å². The van der Waals surface area contributed by atoms with Crippen LogP contribution in [0.2, 0.25) is 0 Å². The van der Waals surface area contributed by atoms with Gasteiger partial charge in [-0.05, 0) is 61.9 Å². The molecule has 2 aromatic carbocycles. The Morgan fingerprint density at radius 2 is 1.82 bits per heavy atom. The van der Waals surface area contributed by atoms with Gasteiger partial charge in [0.05, 0.1) is 24.2 Å². The summed E-state index contributed by atoms with van der Waals surface area (Å²) in [5.41, 5.74) is 1.70. The van der Waals surface area contributed by atoms with Crippen LogP contribution in [0.4, 0.5) is 4.79 Å². The molecule has 0 saturated carbocycles. The molecule has 2 amide bonds. The molecule has 0 spiro atoms. The number of benzene rings is 2. The van der Waals surface area contributed by atoms with Crippen LogP contribution in [-0.2, 0) is 11.3 Å². The van der Waals surface area contributed by atoms with Gasteiger partial charge in [0, 0.05) is 0 Å². The SMILES string of the molecule is CCOc1cc(/C=C2\SC(=O)N(Cc3ccccc3)C2=O)ccc1OC(C)C. The minimum Gasteiger partial charge on any atom is -0.490 e. The van der Waals surface area contributed by atoms with Crippen LogP contribution < -0.4 is 9.47 Å². The van der Waals surface area contributed by atoms with Crippen LogP contribution in [0.1, 0.15) is 31.9 Å². The normalized spacial score (nSPS) is 15.6. The number of carbonyl (C=O) groups excluding carboxylic acids is 2. The lowest BCUT2D eigenvalue weighted by atomic mass is 10.1. The van der Waals surface area contributed by atoms with Crippen LogP contribution in [0.3, 0.4) is 0 Å². The van der Waals surface area contributed by atoms with E-state index in [-0.39, 0.29) is 23.8 Å². The quantitative estimate of drug-likeness (QED) is 0.608. The maximum Gasteiger partial charge on any atom is 0.293 e. The van der Waals surface area contributed by atoms with Crippen molar-refractivity contribution in [2.24, 2.45) is 0 Å². The highest BCUT2D eigenvalue weighted by molar-refractivity contribution is 8.18. The molecule has 0 aliphatic carbocycles. The largest absolute Gasteiger partial charge is 0.490 e. The second-order valence-corrected chi connectivity index (χ2v) is 7.55. The van der Waals surface area contributed by atoms with Gasteiger partial charge in [0.2, 0.25) is 0 Å². The minimum absolute atomic E-state index is 0.0274. The Hall–Kier alpha value is -2.73. The van der Waals surface area contributed by atoms with E-state index in [9.17, 15) is 9.59 Å². The zero-order valence-electron chi connectivity index (χ0n) is 16.2. The Bertz CT molecular complexity index is 893. The standard InChI is InChI=1S/C22H23NO4S/c1-4-26-19-12-17(10-11-18(19)27-15(2)3)13-20-21(24)23(22(25)28-20)14-16-8-6-5-7-9-16/h5-13,15H,4,14H2,1-3H3/b20-13-. The number of amides is 2. The molecule has 1 heterocycles. The van der Waals surface area contributed by atoms with E-state index < -0.39 is 0 Å². The number of ether oxygens (including phenoxy) is 2. The molecule has 2 aromatic rings. The summed E-state index contributed by atoms with van der Waals surface area (Å²) in [6.07, 6.45) is 1.75. The molecule has 1 aliphatic rings. The van der Waals surface area contributed by atoms with Gasteiger partial charge in [0.25, 0.3) is 11.1 Å². The van der Waals surface area contributed by atoms with Crippen LogP contribution in [0, 0.1) is 0 Å². The molecule has 0 radical (unpaired) electrons. The number of thioether (sulfide) groups is 1. The van der Waals surface area contributed by atoms with Crippen LogP contribution >= 0.6 is 11.8 Å². The maximum atomic E-state index is 12.7. The number of hydrogen-bond donors (Lipinski definition) is 0. The third kappa shape index (κ3) is 4.75. The lowest BCUT2D eigenvalue weighted by molar-refractivity contribution is -0.123. The molecule has 0 bridgehead atoms. The van der Waals surface area contributed by atoms with Crippen molar-refractivity contribution in [1.82, 2.24) is 4.90 Å². The average molecular weight is 397 g/mol. The molecule has 1 saturated heterocycles. The first-order valence-electron chi connectivity index (χ1n) is 9.20. The fourth-order valence-corrected chi connectivity index (χ4v) is 3.63. The van der Waals surface area contributed by atoms with Gasteiger partial charge in [-0.25, -0.2) is 0 Å². The fraction of sp³-hybridized carbons (Fsp3) is 0.273. The number of hydrogen-bond acceptors (Lipinski definition) is 5. The number of imide groups is 1. The average Bonchev–Trinajstić information content (AvgIpc) is 2.92. The number of rotatable bonds is 7. The minimum atomic E-state index is -0.278. The van der Waals surface area contributed by atoms with E-state index in [4.69, 9.17) is 9.47 Å². The van der Waals surface area contributed by atoms with E-state index in [1.165, 1.54) is 4.90 Å². The van der Waals surface area contributed by atoms with Crippen molar-refractivity contribution < 1.29 is 19.1 Å². The lowest BCUT2D eigenvalue weighted by Gasteiger charge is -2.15. The first-order chi connectivity index (χ1) is 13.5. The third-order valence-corrected chi connectivity index (χ3v) is 4.89. The van der Waals surface area contributed by atoms with Crippen molar-refractivity contribution in [1.29, 1.82) is 0 Å². The van der Waals surface area contributed by atoms with Crippen molar-refractivity contribution in [2.75, 3.05) is 6.61 Å². The predicted octanol–water partition coefficient (Wildman–Crippen LogP) is 5.11. The Balaban J connectivity index is 1.82. The maximum absolute atomic E-state index is 12.7. The Kier molecular flexibility index (Phi) is 6.41. The second-order valence-electron chi connectivity index (χ2n) is 6.56. The Labute approximate surface area is 169 Å². The van der Waals surface area contributed by atoms with Crippen LogP contribution in [-0.4, -0.2) is 28.8 Å². The van der Waals surface area contributed by atoms with E-state index >= 15 is 0 Å². The van der Waals surface area contributed by atoms with Crippen molar-refractivity contribution in [3.8, 4) is 11.5 Å². The number of carbonyl (C=O) groups is 2. The molecule has 0 N–H and O–H groups in total. The zero-order valence-corrected chi connectivity index (χ0v) is 17.0. The van der Waals surface area contributed by atoms with Gasteiger partial charge in [-0.3, -0.25) is 14.5 Å². The van der Waals surface area contributed by atoms with Crippen molar-refractivity contribution in [3.63, 3.8) is 0 Å². The van der Waals surface area contributed by atoms with Gasteiger partial charge in [0.15, 0.2) is 11.5 Å². The van der Waals surface area contributed by atoms with E-state index in [1.807, 2.05) is 69.3 Å². The first-order valence-corrected chi connectivity index (χ1v) is 10.0. The highest BCUT2D eigenvalue weighted by Gasteiger charge is 2.35. The zero-order chi connectivity index (χ0) is 20.1. The summed E-state index contributed by atoms with van der Waals surface area (Å²) in [4.78, 5) is 26.7.